The smallest absolute Gasteiger partial charge is 0.0455 e. The average Bonchev–Trinajstić information content (AvgIpc) is 2.36. The summed E-state index contributed by atoms with van der Waals surface area (Å²) in [5.41, 5.74) is 2.35. The third kappa shape index (κ3) is 3.14. The van der Waals surface area contributed by atoms with Gasteiger partial charge in [0.15, 0.2) is 0 Å². The molecule has 1 aromatic carbocycles. The van der Waals surface area contributed by atoms with Crippen LogP contribution in [0.3, 0.4) is 0 Å². The number of likely N-dealkylation sites (tertiary alicyclic amines) is 1. The van der Waals surface area contributed by atoms with Gasteiger partial charge in [0.1, 0.15) is 0 Å². The van der Waals surface area contributed by atoms with Crippen LogP contribution >= 0.6 is 11.6 Å². The lowest BCUT2D eigenvalue weighted by atomic mass is 10.0. The van der Waals surface area contributed by atoms with E-state index in [1.54, 1.807) is 0 Å². The molecule has 0 spiro atoms. The van der Waals surface area contributed by atoms with Crippen LogP contribution in [0, 0.1) is 6.92 Å². The van der Waals surface area contributed by atoms with E-state index in [1.807, 2.05) is 12.1 Å². The Morgan fingerprint density at radius 2 is 2.06 bits per heavy atom. The molecule has 1 aliphatic rings. The standard InChI is InChI=1S/C14H21ClN2/c1-3-17-9-7-12(8-10-17)16-14-6-4-5-13(15)11(14)2/h4-6,12,16H,3,7-10H2,1-2H3. The minimum atomic E-state index is 0.593. The zero-order valence-corrected chi connectivity index (χ0v) is 11.4. The summed E-state index contributed by atoms with van der Waals surface area (Å²) < 4.78 is 0. The highest BCUT2D eigenvalue weighted by Crippen LogP contribution is 2.25. The lowest BCUT2D eigenvalue weighted by molar-refractivity contribution is 0.229. The van der Waals surface area contributed by atoms with E-state index in [0.717, 1.165) is 10.6 Å². The first-order valence-electron chi connectivity index (χ1n) is 6.44. The quantitative estimate of drug-likeness (QED) is 0.885. The van der Waals surface area contributed by atoms with E-state index in [-0.39, 0.29) is 0 Å². The number of hydrogen-bond donors (Lipinski definition) is 1. The van der Waals surface area contributed by atoms with Crippen molar-refractivity contribution in [2.24, 2.45) is 0 Å². The second-order valence-corrected chi connectivity index (χ2v) is 5.17. The molecule has 0 amide bonds. The molecule has 0 saturated carbocycles. The van der Waals surface area contributed by atoms with Crippen LogP contribution in [0.15, 0.2) is 18.2 Å². The largest absolute Gasteiger partial charge is 0.382 e. The van der Waals surface area contributed by atoms with Crippen LogP contribution in [0.2, 0.25) is 5.02 Å². The summed E-state index contributed by atoms with van der Waals surface area (Å²) in [6, 6.07) is 6.67. The number of rotatable bonds is 3. The van der Waals surface area contributed by atoms with Crippen LogP contribution in [-0.2, 0) is 0 Å². The van der Waals surface area contributed by atoms with Gasteiger partial charge in [0.05, 0.1) is 0 Å². The Kier molecular flexibility index (Phi) is 4.30. The third-order valence-corrected chi connectivity index (χ3v) is 4.07. The van der Waals surface area contributed by atoms with Crippen molar-refractivity contribution in [3.05, 3.63) is 28.8 Å². The molecule has 0 unspecified atom stereocenters. The number of halogens is 1. The van der Waals surface area contributed by atoms with Gasteiger partial charge >= 0.3 is 0 Å². The normalized spacial score (nSPS) is 18.3. The average molecular weight is 253 g/mol. The van der Waals surface area contributed by atoms with E-state index < -0.39 is 0 Å². The molecule has 0 aliphatic carbocycles. The zero-order chi connectivity index (χ0) is 12.3. The Balaban J connectivity index is 1.95. The fourth-order valence-electron chi connectivity index (χ4n) is 2.38. The third-order valence-electron chi connectivity index (χ3n) is 3.66. The number of nitrogens with one attached hydrogen (secondary N) is 1. The molecule has 0 bridgehead atoms. The van der Waals surface area contributed by atoms with Crippen LogP contribution in [0.5, 0.6) is 0 Å². The van der Waals surface area contributed by atoms with Crippen molar-refractivity contribution >= 4 is 17.3 Å². The van der Waals surface area contributed by atoms with Gasteiger partial charge < -0.3 is 10.2 Å². The number of nitrogens with zero attached hydrogens (tertiary/aromatic N) is 1. The van der Waals surface area contributed by atoms with E-state index in [9.17, 15) is 0 Å². The molecule has 3 heteroatoms. The maximum atomic E-state index is 6.13. The summed E-state index contributed by atoms with van der Waals surface area (Å²) in [6.45, 7) is 7.88. The van der Waals surface area contributed by atoms with E-state index in [0.29, 0.717) is 6.04 Å². The van der Waals surface area contributed by atoms with E-state index in [2.05, 4.69) is 30.1 Å². The van der Waals surface area contributed by atoms with Crippen molar-refractivity contribution in [3.63, 3.8) is 0 Å². The van der Waals surface area contributed by atoms with Crippen molar-refractivity contribution < 1.29 is 0 Å². The monoisotopic (exact) mass is 252 g/mol. The lowest BCUT2D eigenvalue weighted by Crippen LogP contribution is -2.38. The van der Waals surface area contributed by atoms with Crippen LogP contribution < -0.4 is 5.32 Å². The highest BCUT2D eigenvalue weighted by molar-refractivity contribution is 6.31. The van der Waals surface area contributed by atoms with Gasteiger partial charge in [-0.3, -0.25) is 0 Å². The molecular formula is C14H21ClN2. The SMILES string of the molecule is CCN1CCC(Nc2cccc(Cl)c2C)CC1. The number of hydrogen-bond acceptors (Lipinski definition) is 2. The van der Waals surface area contributed by atoms with E-state index in [1.165, 1.54) is 38.2 Å². The summed E-state index contributed by atoms with van der Waals surface area (Å²) in [5.74, 6) is 0. The van der Waals surface area contributed by atoms with Gasteiger partial charge in [-0.15, -0.1) is 0 Å². The molecule has 0 radical (unpaired) electrons. The second-order valence-electron chi connectivity index (χ2n) is 4.77. The molecule has 2 nitrogen and oxygen atoms in total. The molecular weight excluding hydrogens is 232 g/mol. The van der Waals surface area contributed by atoms with Crippen LogP contribution in [0.1, 0.15) is 25.3 Å². The highest BCUT2D eigenvalue weighted by atomic mass is 35.5. The van der Waals surface area contributed by atoms with Gasteiger partial charge in [-0.1, -0.05) is 24.6 Å². The Morgan fingerprint density at radius 1 is 1.35 bits per heavy atom. The van der Waals surface area contributed by atoms with Gasteiger partial charge in [0.2, 0.25) is 0 Å². The van der Waals surface area contributed by atoms with E-state index in [4.69, 9.17) is 11.6 Å². The predicted molar refractivity (Wildman–Crippen MR) is 74.9 cm³/mol. The molecule has 1 fully saturated rings. The number of anilines is 1. The Bertz CT molecular complexity index is 370. The molecule has 2 rings (SSSR count). The number of benzene rings is 1. The predicted octanol–water partition coefficient (Wildman–Crippen LogP) is 3.54. The van der Waals surface area contributed by atoms with E-state index >= 15 is 0 Å². The maximum Gasteiger partial charge on any atom is 0.0455 e. The highest BCUT2D eigenvalue weighted by Gasteiger charge is 2.18. The Morgan fingerprint density at radius 3 is 2.71 bits per heavy atom. The van der Waals surface area contributed by atoms with Gasteiger partial charge in [-0.05, 0) is 44.0 Å². The van der Waals surface area contributed by atoms with Gasteiger partial charge in [0, 0.05) is 29.8 Å². The first-order valence-corrected chi connectivity index (χ1v) is 6.82. The van der Waals surface area contributed by atoms with Gasteiger partial charge in [-0.25, -0.2) is 0 Å². The summed E-state index contributed by atoms with van der Waals surface area (Å²) in [7, 11) is 0. The zero-order valence-electron chi connectivity index (χ0n) is 10.7. The number of piperidine rings is 1. The fourth-order valence-corrected chi connectivity index (χ4v) is 2.55. The maximum absolute atomic E-state index is 6.13. The summed E-state index contributed by atoms with van der Waals surface area (Å²) in [4.78, 5) is 2.50. The second kappa shape index (κ2) is 5.74. The van der Waals surface area contributed by atoms with Crippen molar-refractivity contribution in [1.29, 1.82) is 0 Å². The van der Waals surface area contributed by atoms with Crippen LogP contribution in [0.25, 0.3) is 0 Å². The lowest BCUT2D eigenvalue weighted by Gasteiger charge is -2.32. The van der Waals surface area contributed by atoms with Gasteiger partial charge in [0.25, 0.3) is 0 Å². The van der Waals surface area contributed by atoms with Crippen molar-refractivity contribution in [2.75, 3.05) is 25.0 Å². The molecule has 1 saturated heterocycles. The molecule has 1 aliphatic heterocycles. The van der Waals surface area contributed by atoms with Crippen molar-refractivity contribution in [1.82, 2.24) is 4.90 Å². The summed E-state index contributed by atoms with van der Waals surface area (Å²) >= 11 is 6.13. The molecule has 0 aromatic heterocycles. The first kappa shape index (κ1) is 12.7. The molecule has 1 heterocycles. The van der Waals surface area contributed by atoms with Crippen molar-refractivity contribution in [2.45, 2.75) is 32.7 Å². The minimum absolute atomic E-state index is 0.593. The van der Waals surface area contributed by atoms with Crippen LogP contribution in [-0.4, -0.2) is 30.6 Å². The first-order chi connectivity index (χ1) is 8.20. The molecule has 1 aromatic rings. The molecule has 0 atom stereocenters. The Labute approximate surface area is 109 Å². The molecule has 17 heavy (non-hydrogen) atoms. The van der Waals surface area contributed by atoms with Crippen LogP contribution in [0.4, 0.5) is 5.69 Å². The summed E-state index contributed by atoms with van der Waals surface area (Å²) in [6.07, 6.45) is 2.44. The topological polar surface area (TPSA) is 15.3 Å². The summed E-state index contributed by atoms with van der Waals surface area (Å²) in [5, 5.41) is 4.47. The van der Waals surface area contributed by atoms with Crippen molar-refractivity contribution in [3.8, 4) is 0 Å². The minimum Gasteiger partial charge on any atom is -0.382 e. The molecule has 94 valence electrons. The molecule has 1 N–H and O–H groups in total. The fraction of sp³-hybridized carbons (Fsp3) is 0.571. The Hall–Kier alpha value is -0.730. The van der Waals surface area contributed by atoms with Gasteiger partial charge in [-0.2, -0.15) is 0 Å².